The highest BCUT2D eigenvalue weighted by atomic mass is 32.2. The lowest BCUT2D eigenvalue weighted by Gasteiger charge is -2.17. The average molecular weight is 439 g/mol. The summed E-state index contributed by atoms with van der Waals surface area (Å²) in [4.78, 5) is 28.5. The monoisotopic (exact) mass is 438 g/mol. The van der Waals surface area contributed by atoms with Crippen molar-refractivity contribution in [3.63, 3.8) is 0 Å². The van der Waals surface area contributed by atoms with E-state index in [0.717, 1.165) is 0 Å². The maximum atomic E-state index is 12.5. The van der Waals surface area contributed by atoms with Gasteiger partial charge in [0.1, 0.15) is 0 Å². The lowest BCUT2D eigenvalue weighted by Crippen LogP contribution is -2.42. The Morgan fingerprint density at radius 1 is 1.03 bits per heavy atom. The van der Waals surface area contributed by atoms with Gasteiger partial charge in [-0.15, -0.1) is 11.8 Å². The number of ether oxygens (including phenoxy) is 3. The van der Waals surface area contributed by atoms with Gasteiger partial charge in [0.2, 0.25) is 17.5 Å². The normalized spacial score (nSPS) is 10.4. The van der Waals surface area contributed by atoms with E-state index < -0.39 is 5.91 Å². The molecule has 0 saturated heterocycles. The van der Waals surface area contributed by atoms with Crippen LogP contribution in [0.1, 0.15) is 42.8 Å². The van der Waals surface area contributed by atoms with E-state index in [1.54, 1.807) is 19.1 Å². The van der Waals surface area contributed by atoms with E-state index in [0.29, 0.717) is 54.5 Å². The molecule has 2 aromatic rings. The van der Waals surface area contributed by atoms with Crippen LogP contribution in [0.15, 0.2) is 16.7 Å². The fourth-order valence-corrected chi connectivity index (χ4v) is 3.05. The number of nitrogens with zero attached hydrogens (tertiary/aromatic N) is 2. The molecule has 2 amide bonds. The van der Waals surface area contributed by atoms with Crippen LogP contribution in [0.5, 0.6) is 17.2 Å². The van der Waals surface area contributed by atoms with Gasteiger partial charge in [0.15, 0.2) is 17.3 Å². The van der Waals surface area contributed by atoms with Crippen LogP contribution in [-0.2, 0) is 10.5 Å². The van der Waals surface area contributed by atoms with Crippen molar-refractivity contribution in [2.45, 2.75) is 33.4 Å². The van der Waals surface area contributed by atoms with Crippen LogP contribution < -0.4 is 25.1 Å². The molecule has 1 heterocycles. The number of thioether (sulfide) groups is 1. The van der Waals surface area contributed by atoms with Gasteiger partial charge in [-0.1, -0.05) is 5.16 Å². The number of amides is 2. The van der Waals surface area contributed by atoms with E-state index >= 15 is 0 Å². The third-order valence-corrected chi connectivity index (χ3v) is 4.45. The topological polar surface area (TPSA) is 125 Å². The third kappa shape index (κ3) is 6.83. The first-order chi connectivity index (χ1) is 14.5. The molecule has 0 aliphatic carbocycles. The zero-order valence-electron chi connectivity index (χ0n) is 17.4. The first-order valence-corrected chi connectivity index (χ1v) is 10.7. The van der Waals surface area contributed by atoms with E-state index in [4.69, 9.17) is 18.7 Å². The second-order valence-electron chi connectivity index (χ2n) is 5.83. The molecule has 1 aromatic carbocycles. The van der Waals surface area contributed by atoms with Gasteiger partial charge >= 0.3 is 0 Å². The summed E-state index contributed by atoms with van der Waals surface area (Å²) >= 11 is 1.30. The van der Waals surface area contributed by atoms with Crippen LogP contribution in [0.25, 0.3) is 0 Å². The van der Waals surface area contributed by atoms with E-state index in [9.17, 15) is 9.59 Å². The number of aryl methyl sites for hydroxylation is 1. The first-order valence-electron chi connectivity index (χ1n) is 9.50. The Morgan fingerprint density at radius 3 is 2.20 bits per heavy atom. The van der Waals surface area contributed by atoms with Gasteiger partial charge in [-0.25, -0.2) is 0 Å². The Balaban J connectivity index is 1.96. The number of hydrogen-bond acceptors (Lipinski definition) is 9. The Hall–Kier alpha value is -2.95. The molecule has 0 bridgehead atoms. The lowest BCUT2D eigenvalue weighted by atomic mass is 10.1. The van der Waals surface area contributed by atoms with Crippen LogP contribution in [0.2, 0.25) is 0 Å². The van der Waals surface area contributed by atoms with E-state index in [1.807, 2.05) is 20.8 Å². The van der Waals surface area contributed by atoms with Gasteiger partial charge in [-0.3, -0.25) is 20.4 Å². The zero-order valence-corrected chi connectivity index (χ0v) is 18.3. The summed E-state index contributed by atoms with van der Waals surface area (Å²) in [6.07, 6.45) is 0. The number of nitrogens with one attached hydrogen (secondary N) is 2. The molecule has 2 rings (SSSR count). The van der Waals surface area contributed by atoms with Gasteiger partial charge in [-0.2, -0.15) is 4.98 Å². The van der Waals surface area contributed by atoms with Gasteiger partial charge in [-0.05, 0) is 32.9 Å². The third-order valence-electron chi connectivity index (χ3n) is 3.52. The van der Waals surface area contributed by atoms with Crippen molar-refractivity contribution in [1.29, 1.82) is 0 Å². The zero-order chi connectivity index (χ0) is 21.9. The van der Waals surface area contributed by atoms with E-state index in [2.05, 4.69) is 21.0 Å². The molecule has 164 valence electrons. The quantitative estimate of drug-likeness (QED) is 0.508. The summed E-state index contributed by atoms with van der Waals surface area (Å²) < 4.78 is 21.7. The molecule has 1 aromatic heterocycles. The largest absolute Gasteiger partial charge is 0.490 e. The number of hydrazine groups is 1. The summed E-state index contributed by atoms with van der Waals surface area (Å²) in [6, 6.07) is 3.09. The number of benzene rings is 1. The summed E-state index contributed by atoms with van der Waals surface area (Å²) in [7, 11) is 0. The highest BCUT2D eigenvalue weighted by molar-refractivity contribution is 7.99. The Labute approximate surface area is 179 Å². The van der Waals surface area contributed by atoms with Crippen molar-refractivity contribution < 1.29 is 28.3 Å². The Bertz CT molecular complexity index is 830. The van der Waals surface area contributed by atoms with E-state index in [1.165, 1.54) is 11.8 Å². The summed E-state index contributed by atoms with van der Waals surface area (Å²) in [5.74, 6) is 1.88. The second kappa shape index (κ2) is 11.9. The Kier molecular flexibility index (Phi) is 9.26. The molecule has 30 heavy (non-hydrogen) atoms. The van der Waals surface area contributed by atoms with Crippen molar-refractivity contribution in [2.75, 3.05) is 25.6 Å². The van der Waals surface area contributed by atoms with Gasteiger partial charge < -0.3 is 18.7 Å². The van der Waals surface area contributed by atoms with Crippen LogP contribution in [0, 0.1) is 6.92 Å². The molecule has 11 heteroatoms. The molecule has 0 aliphatic heterocycles. The lowest BCUT2D eigenvalue weighted by molar-refractivity contribution is -0.119. The van der Waals surface area contributed by atoms with Crippen molar-refractivity contribution in [3.8, 4) is 17.2 Å². The SMILES string of the molecule is CCOc1cc(C(=O)NNC(=O)CSCc2noc(C)n2)cc(OCC)c1OCC. The minimum atomic E-state index is -0.507. The van der Waals surface area contributed by atoms with Gasteiger partial charge in [0.05, 0.1) is 31.3 Å². The number of aromatic nitrogens is 2. The molecule has 0 atom stereocenters. The van der Waals surface area contributed by atoms with Crippen LogP contribution in [-0.4, -0.2) is 47.5 Å². The maximum absolute atomic E-state index is 12.5. The predicted molar refractivity (Wildman–Crippen MR) is 111 cm³/mol. The molecule has 10 nitrogen and oxygen atoms in total. The second-order valence-corrected chi connectivity index (χ2v) is 6.81. The maximum Gasteiger partial charge on any atom is 0.269 e. The molecule has 2 N–H and O–H groups in total. The summed E-state index contributed by atoms with van der Waals surface area (Å²) in [5, 5.41) is 3.75. The van der Waals surface area contributed by atoms with E-state index in [-0.39, 0.29) is 17.2 Å². The average Bonchev–Trinajstić information content (AvgIpc) is 3.13. The molecule has 0 fully saturated rings. The number of hydrogen-bond donors (Lipinski definition) is 2. The standard InChI is InChI=1S/C19H26N4O6S/c1-5-26-14-8-13(9-15(27-6-2)18(14)28-7-3)19(25)22-21-17(24)11-30-10-16-20-12(4)29-23-16/h8-9H,5-7,10-11H2,1-4H3,(H,21,24)(H,22,25). The highest BCUT2D eigenvalue weighted by Gasteiger charge is 2.18. The van der Waals surface area contributed by atoms with Crippen LogP contribution in [0.3, 0.4) is 0 Å². The molecule has 0 unspecified atom stereocenters. The van der Waals surface area contributed by atoms with Crippen LogP contribution >= 0.6 is 11.8 Å². The summed E-state index contributed by atoms with van der Waals surface area (Å²) in [6.45, 7) is 8.41. The molecule has 0 aliphatic rings. The molecule has 0 spiro atoms. The fraction of sp³-hybridized carbons (Fsp3) is 0.474. The molecular weight excluding hydrogens is 412 g/mol. The summed E-state index contributed by atoms with van der Waals surface area (Å²) in [5.41, 5.74) is 5.03. The smallest absolute Gasteiger partial charge is 0.269 e. The van der Waals surface area contributed by atoms with Crippen molar-refractivity contribution >= 4 is 23.6 Å². The van der Waals surface area contributed by atoms with Gasteiger partial charge in [0.25, 0.3) is 5.91 Å². The fourth-order valence-electron chi connectivity index (χ4n) is 2.39. The predicted octanol–water partition coefficient (Wildman–Crippen LogP) is 2.27. The Morgan fingerprint density at radius 2 is 1.67 bits per heavy atom. The van der Waals surface area contributed by atoms with Crippen LogP contribution in [0.4, 0.5) is 0 Å². The number of carbonyl (C=O) groups excluding carboxylic acids is 2. The van der Waals surface area contributed by atoms with Crippen molar-refractivity contribution in [1.82, 2.24) is 21.0 Å². The number of rotatable bonds is 11. The van der Waals surface area contributed by atoms with Gasteiger partial charge in [0, 0.05) is 12.5 Å². The molecule has 0 radical (unpaired) electrons. The molecular formula is C19H26N4O6S. The minimum Gasteiger partial charge on any atom is -0.490 e. The van der Waals surface area contributed by atoms with Crippen molar-refractivity contribution in [3.05, 3.63) is 29.4 Å². The first kappa shape index (κ1) is 23.3. The minimum absolute atomic E-state index is 0.117. The highest BCUT2D eigenvalue weighted by Crippen LogP contribution is 2.39. The number of carbonyl (C=O) groups is 2. The van der Waals surface area contributed by atoms with Crippen molar-refractivity contribution in [2.24, 2.45) is 0 Å². The molecule has 0 saturated carbocycles.